The van der Waals surface area contributed by atoms with E-state index < -0.39 is 4.92 Å². The molecular formula is C8H11N3O2S. The smallest absolute Gasteiger partial charge is 0.276 e. The van der Waals surface area contributed by atoms with Crippen LogP contribution in [0.3, 0.4) is 0 Å². The van der Waals surface area contributed by atoms with Gasteiger partial charge in [0.1, 0.15) is 5.03 Å². The van der Waals surface area contributed by atoms with Crippen molar-refractivity contribution < 1.29 is 4.92 Å². The third-order valence-corrected chi connectivity index (χ3v) is 2.97. The minimum atomic E-state index is -0.391. The number of allylic oxidation sites excluding steroid dienone is 1. The molecule has 0 amide bonds. The molecule has 14 heavy (non-hydrogen) atoms. The number of nitrogens with zero attached hydrogens (tertiary/aromatic N) is 2. The fraction of sp³-hybridized carbons (Fsp3) is 0.625. The van der Waals surface area contributed by atoms with Gasteiger partial charge in [-0.25, -0.2) is 0 Å². The predicted octanol–water partition coefficient (Wildman–Crippen LogP) is 1.46. The quantitative estimate of drug-likeness (QED) is 0.567. The summed E-state index contributed by atoms with van der Waals surface area (Å²) in [5, 5.41) is 22.7. The number of hydrogen-bond donors (Lipinski definition) is 1. The maximum atomic E-state index is 10.7. The number of nitro groups is 1. The number of rotatable bonds is 3. The zero-order chi connectivity index (χ0) is 10.4. The molecule has 0 aromatic heterocycles. The summed E-state index contributed by atoms with van der Waals surface area (Å²) in [6.45, 7) is 0.784. The first kappa shape index (κ1) is 10.9. The zero-order valence-electron chi connectivity index (χ0n) is 7.65. The van der Waals surface area contributed by atoms with Crippen molar-refractivity contribution in [3.05, 3.63) is 20.8 Å². The van der Waals surface area contributed by atoms with E-state index >= 15 is 0 Å². The Bertz CT molecular complexity index is 287. The summed E-state index contributed by atoms with van der Waals surface area (Å²) < 4.78 is 0. The van der Waals surface area contributed by atoms with E-state index in [0.29, 0.717) is 5.03 Å². The van der Waals surface area contributed by atoms with Gasteiger partial charge in [-0.2, -0.15) is 5.26 Å². The van der Waals surface area contributed by atoms with E-state index in [9.17, 15) is 10.1 Å². The number of hydrogen-bond acceptors (Lipinski definition) is 5. The van der Waals surface area contributed by atoms with Gasteiger partial charge >= 0.3 is 0 Å². The Morgan fingerprint density at radius 1 is 1.79 bits per heavy atom. The summed E-state index contributed by atoms with van der Waals surface area (Å²) >= 11 is 1.47. The maximum Gasteiger partial charge on any atom is 0.276 e. The van der Waals surface area contributed by atoms with Gasteiger partial charge in [0.2, 0.25) is 0 Å². The second-order valence-electron chi connectivity index (χ2n) is 2.82. The van der Waals surface area contributed by atoms with Crippen LogP contribution in [0.5, 0.6) is 0 Å². The lowest BCUT2D eigenvalue weighted by Gasteiger charge is -2.15. The first-order valence-corrected chi connectivity index (χ1v) is 5.35. The molecule has 6 heteroatoms. The normalized spacial score (nSPS) is 19.4. The molecule has 1 aliphatic rings. The van der Waals surface area contributed by atoms with Crippen LogP contribution in [0.15, 0.2) is 10.7 Å². The Morgan fingerprint density at radius 3 is 3.07 bits per heavy atom. The lowest BCUT2D eigenvalue weighted by atomic mass is 10.2. The lowest BCUT2D eigenvalue weighted by Crippen LogP contribution is -2.22. The molecule has 0 saturated carbocycles. The predicted molar refractivity (Wildman–Crippen MR) is 53.9 cm³/mol. The van der Waals surface area contributed by atoms with Gasteiger partial charge < -0.3 is 5.32 Å². The first-order chi connectivity index (χ1) is 6.75. The third kappa shape index (κ3) is 2.92. The van der Waals surface area contributed by atoms with Crippen LogP contribution in [0.25, 0.3) is 0 Å². The Balaban J connectivity index is 2.72. The highest BCUT2D eigenvalue weighted by molar-refractivity contribution is 8.03. The molecule has 0 aliphatic carbocycles. The second kappa shape index (κ2) is 5.50. The standard InChI is InChI=1S/C8H11N3O2S/c9-4-1-3-7(11(12)13)8-10-5-2-6-14-8/h10H,1-3,5-6H2. The minimum absolute atomic E-state index is 0.149. The van der Waals surface area contributed by atoms with Crippen LogP contribution in [0, 0.1) is 21.4 Å². The fourth-order valence-electron chi connectivity index (χ4n) is 1.15. The van der Waals surface area contributed by atoms with E-state index in [-0.39, 0.29) is 18.5 Å². The molecule has 1 N–H and O–H groups in total. The molecule has 0 aromatic carbocycles. The van der Waals surface area contributed by atoms with E-state index in [1.807, 2.05) is 6.07 Å². The van der Waals surface area contributed by atoms with Gasteiger partial charge in [0.05, 0.1) is 17.4 Å². The summed E-state index contributed by atoms with van der Waals surface area (Å²) in [6, 6.07) is 1.92. The highest BCUT2D eigenvalue weighted by atomic mass is 32.2. The van der Waals surface area contributed by atoms with Crippen LogP contribution >= 0.6 is 11.8 Å². The maximum absolute atomic E-state index is 10.7. The first-order valence-electron chi connectivity index (χ1n) is 4.37. The highest BCUT2D eigenvalue weighted by Gasteiger charge is 2.20. The molecule has 0 bridgehead atoms. The van der Waals surface area contributed by atoms with Crippen molar-refractivity contribution in [1.82, 2.24) is 5.32 Å². The molecule has 0 unspecified atom stereocenters. The molecule has 5 nitrogen and oxygen atoms in total. The van der Waals surface area contributed by atoms with Gasteiger partial charge in [0.25, 0.3) is 5.70 Å². The van der Waals surface area contributed by atoms with E-state index in [4.69, 9.17) is 5.26 Å². The van der Waals surface area contributed by atoms with E-state index in [0.717, 1.165) is 18.7 Å². The van der Waals surface area contributed by atoms with Crippen molar-refractivity contribution in [2.45, 2.75) is 19.3 Å². The summed E-state index contributed by atoms with van der Waals surface area (Å²) in [5.41, 5.74) is 0.149. The Labute approximate surface area is 86.3 Å². The van der Waals surface area contributed by atoms with E-state index in [1.54, 1.807) is 0 Å². The van der Waals surface area contributed by atoms with Gasteiger partial charge in [-0.15, -0.1) is 11.8 Å². The molecule has 0 spiro atoms. The number of nitrogens with one attached hydrogen (secondary N) is 1. The monoisotopic (exact) mass is 213 g/mol. The van der Waals surface area contributed by atoms with E-state index in [1.165, 1.54) is 11.8 Å². The Morgan fingerprint density at radius 2 is 2.57 bits per heavy atom. The minimum Gasteiger partial charge on any atom is -0.375 e. The average molecular weight is 213 g/mol. The topological polar surface area (TPSA) is 79.0 Å². The number of nitriles is 1. The molecule has 1 rings (SSSR count). The molecule has 0 atom stereocenters. The molecule has 1 fully saturated rings. The summed E-state index contributed by atoms with van der Waals surface area (Å²) in [7, 11) is 0. The van der Waals surface area contributed by atoms with Gasteiger partial charge in [0, 0.05) is 18.7 Å². The van der Waals surface area contributed by atoms with E-state index in [2.05, 4.69) is 5.32 Å². The zero-order valence-corrected chi connectivity index (χ0v) is 8.47. The van der Waals surface area contributed by atoms with Crippen LogP contribution in [-0.2, 0) is 0 Å². The summed E-state index contributed by atoms with van der Waals surface area (Å²) in [5.74, 6) is 0.909. The van der Waals surface area contributed by atoms with Crippen molar-refractivity contribution in [3.8, 4) is 6.07 Å². The molecule has 1 heterocycles. The Hall–Kier alpha value is -1.22. The van der Waals surface area contributed by atoms with Gasteiger partial charge in [-0.3, -0.25) is 10.1 Å². The number of thioether (sulfide) groups is 1. The molecule has 0 aromatic rings. The molecule has 0 radical (unpaired) electrons. The molecular weight excluding hydrogens is 202 g/mol. The summed E-state index contributed by atoms with van der Waals surface area (Å²) in [6.07, 6.45) is 1.44. The molecule has 1 saturated heterocycles. The van der Waals surface area contributed by atoms with Gasteiger partial charge in [0.15, 0.2) is 0 Å². The van der Waals surface area contributed by atoms with Gasteiger partial charge in [-0.1, -0.05) is 0 Å². The fourth-order valence-corrected chi connectivity index (χ4v) is 2.19. The van der Waals surface area contributed by atoms with Crippen molar-refractivity contribution in [1.29, 1.82) is 5.26 Å². The molecule has 76 valence electrons. The van der Waals surface area contributed by atoms with Crippen molar-refractivity contribution in [2.75, 3.05) is 12.3 Å². The van der Waals surface area contributed by atoms with Crippen LogP contribution in [-0.4, -0.2) is 17.2 Å². The van der Waals surface area contributed by atoms with Crippen LogP contribution in [0.2, 0.25) is 0 Å². The lowest BCUT2D eigenvalue weighted by molar-refractivity contribution is -0.428. The highest BCUT2D eigenvalue weighted by Crippen LogP contribution is 2.24. The largest absolute Gasteiger partial charge is 0.375 e. The van der Waals surface area contributed by atoms with Crippen molar-refractivity contribution in [3.63, 3.8) is 0 Å². The van der Waals surface area contributed by atoms with Crippen molar-refractivity contribution >= 4 is 11.8 Å². The SMILES string of the molecule is N#CCCC(=C1NCCCS1)[N+](=O)[O-]. The van der Waals surface area contributed by atoms with Crippen LogP contribution in [0.4, 0.5) is 0 Å². The third-order valence-electron chi connectivity index (χ3n) is 1.81. The second-order valence-corrected chi connectivity index (χ2v) is 3.93. The average Bonchev–Trinajstić information content (AvgIpc) is 2.19. The van der Waals surface area contributed by atoms with Gasteiger partial charge in [-0.05, 0) is 6.42 Å². The summed E-state index contributed by atoms with van der Waals surface area (Å²) in [4.78, 5) is 10.3. The van der Waals surface area contributed by atoms with Crippen molar-refractivity contribution in [2.24, 2.45) is 0 Å². The Kier molecular flexibility index (Phi) is 4.26. The molecule has 1 aliphatic heterocycles. The van der Waals surface area contributed by atoms with Crippen LogP contribution in [0.1, 0.15) is 19.3 Å². The van der Waals surface area contributed by atoms with Crippen LogP contribution < -0.4 is 5.32 Å².